The van der Waals surface area contributed by atoms with Gasteiger partial charge in [-0.15, -0.1) is 10.2 Å². The third kappa shape index (κ3) is 3.89. The number of carbonyl (C=O) groups is 1. The van der Waals surface area contributed by atoms with Gasteiger partial charge in [0.1, 0.15) is 11.4 Å². The van der Waals surface area contributed by atoms with E-state index in [0.717, 1.165) is 22.6 Å². The van der Waals surface area contributed by atoms with Crippen molar-refractivity contribution in [3.05, 3.63) is 71.0 Å². The van der Waals surface area contributed by atoms with Gasteiger partial charge in [0.25, 0.3) is 5.91 Å². The topological polar surface area (TPSA) is 89.3 Å². The average Bonchev–Trinajstić information content (AvgIpc) is 3.11. The molecule has 0 fully saturated rings. The fourth-order valence-corrected chi connectivity index (χ4v) is 2.46. The Bertz CT molecular complexity index is 903. The van der Waals surface area contributed by atoms with E-state index < -0.39 is 5.91 Å². The summed E-state index contributed by atoms with van der Waals surface area (Å²) in [5, 5.41) is 20.7. The van der Waals surface area contributed by atoms with E-state index in [9.17, 15) is 9.90 Å². The number of hydrogen-bond donors (Lipinski definition) is 2. The molecule has 7 heteroatoms. The molecule has 0 saturated carbocycles. The minimum atomic E-state index is -0.393. The van der Waals surface area contributed by atoms with Gasteiger partial charge in [0.2, 0.25) is 0 Å². The number of nitrogens with zero attached hydrogens (tertiary/aromatic N) is 3. The van der Waals surface area contributed by atoms with Crippen molar-refractivity contribution >= 4 is 5.91 Å². The van der Waals surface area contributed by atoms with Gasteiger partial charge in [-0.25, -0.2) is 0 Å². The summed E-state index contributed by atoms with van der Waals surface area (Å²) < 4.78 is 5.17. The molecule has 0 bridgehead atoms. The summed E-state index contributed by atoms with van der Waals surface area (Å²) in [6, 6.07) is 15.0. The van der Waals surface area contributed by atoms with Gasteiger partial charge in [0, 0.05) is 6.54 Å². The first-order chi connectivity index (χ1) is 12.6. The summed E-state index contributed by atoms with van der Waals surface area (Å²) in [6.45, 7) is 1.93. The molecule has 1 amide bonds. The summed E-state index contributed by atoms with van der Waals surface area (Å²) in [5.74, 6) is 0.327. The molecule has 3 rings (SSSR count). The Morgan fingerprint density at radius 3 is 2.65 bits per heavy atom. The van der Waals surface area contributed by atoms with Gasteiger partial charge < -0.3 is 15.2 Å². The summed E-state index contributed by atoms with van der Waals surface area (Å²) >= 11 is 0. The molecular formula is C19H20N4O3. The molecule has 26 heavy (non-hydrogen) atoms. The van der Waals surface area contributed by atoms with E-state index in [0.29, 0.717) is 6.54 Å². The Labute approximate surface area is 151 Å². The van der Waals surface area contributed by atoms with Crippen LogP contribution in [0, 0.1) is 6.92 Å². The molecule has 0 unspecified atom stereocenters. The number of ether oxygens (including phenoxy) is 1. The maximum atomic E-state index is 12.5. The van der Waals surface area contributed by atoms with Crippen LogP contribution in [0.2, 0.25) is 0 Å². The number of aryl methyl sites for hydroxylation is 1. The average molecular weight is 352 g/mol. The first-order valence-electron chi connectivity index (χ1n) is 8.16. The quantitative estimate of drug-likeness (QED) is 0.708. The van der Waals surface area contributed by atoms with Crippen LogP contribution in [-0.4, -0.2) is 33.1 Å². The van der Waals surface area contributed by atoms with Gasteiger partial charge in [0.05, 0.1) is 19.4 Å². The Morgan fingerprint density at radius 2 is 1.96 bits per heavy atom. The largest absolute Gasteiger partial charge is 0.497 e. The molecule has 2 N–H and O–H groups in total. The highest BCUT2D eigenvalue weighted by atomic mass is 16.5. The summed E-state index contributed by atoms with van der Waals surface area (Å²) in [7, 11) is 1.59. The molecule has 7 nitrogen and oxygen atoms in total. The standard InChI is InChI=1S/C19H20N4O3/c1-13-6-8-15(9-7-13)23-21-17(12-24)18(22-23)19(25)20-11-14-4-3-5-16(10-14)26-2/h3-10,24H,11-12H2,1-2H3,(H,20,25). The van der Waals surface area contributed by atoms with Gasteiger partial charge in [-0.2, -0.15) is 4.80 Å². The van der Waals surface area contributed by atoms with Crippen LogP contribution in [0.25, 0.3) is 5.69 Å². The molecule has 3 aromatic rings. The van der Waals surface area contributed by atoms with Crippen molar-refractivity contribution in [3.63, 3.8) is 0 Å². The first kappa shape index (κ1) is 17.6. The minimum absolute atomic E-state index is 0.107. The second-order valence-corrected chi connectivity index (χ2v) is 5.81. The fourth-order valence-electron chi connectivity index (χ4n) is 2.46. The van der Waals surface area contributed by atoms with E-state index in [-0.39, 0.29) is 18.0 Å². The lowest BCUT2D eigenvalue weighted by Crippen LogP contribution is -2.24. The molecule has 0 atom stereocenters. The van der Waals surface area contributed by atoms with E-state index >= 15 is 0 Å². The smallest absolute Gasteiger partial charge is 0.274 e. The summed E-state index contributed by atoms with van der Waals surface area (Å²) in [5.41, 5.74) is 3.07. The number of carbonyl (C=O) groups excluding carboxylic acids is 1. The third-order valence-electron chi connectivity index (χ3n) is 3.90. The van der Waals surface area contributed by atoms with Crippen molar-refractivity contribution in [1.29, 1.82) is 0 Å². The van der Waals surface area contributed by atoms with Crippen LogP contribution >= 0.6 is 0 Å². The molecule has 0 aliphatic rings. The second-order valence-electron chi connectivity index (χ2n) is 5.81. The molecule has 0 radical (unpaired) electrons. The Kier molecular flexibility index (Phi) is 5.28. The van der Waals surface area contributed by atoms with Crippen LogP contribution in [0.15, 0.2) is 48.5 Å². The normalized spacial score (nSPS) is 10.6. The molecular weight excluding hydrogens is 332 g/mol. The third-order valence-corrected chi connectivity index (χ3v) is 3.90. The van der Waals surface area contributed by atoms with E-state index in [2.05, 4.69) is 15.5 Å². The number of aliphatic hydroxyl groups excluding tert-OH is 1. The highest BCUT2D eigenvalue weighted by molar-refractivity contribution is 5.93. The highest BCUT2D eigenvalue weighted by Gasteiger charge is 2.18. The number of amides is 1. The first-order valence-corrected chi connectivity index (χ1v) is 8.16. The number of rotatable bonds is 6. The Morgan fingerprint density at radius 1 is 1.19 bits per heavy atom. The lowest BCUT2D eigenvalue weighted by Gasteiger charge is -2.06. The predicted molar refractivity (Wildman–Crippen MR) is 96.2 cm³/mol. The number of benzene rings is 2. The monoisotopic (exact) mass is 352 g/mol. The predicted octanol–water partition coefficient (Wildman–Crippen LogP) is 2.01. The van der Waals surface area contributed by atoms with Crippen LogP contribution < -0.4 is 10.1 Å². The second kappa shape index (κ2) is 7.79. The van der Waals surface area contributed by atoms with Gasteiger partial charge in [-0.05, 0) is 36.8 Å². The summed E-state index contributed by atoms with van der Waals surface area (Å²) in [6.07, 6.45) is 0. The lowest BCUT2D eigenvalue weighted by atomic mass is 10.2. The molecule has 0 saturated heterocycles. The maximum Gasteiger partial charge on any atom is 0.274 e. The number of nitrogens with one attached hydrogen (secondary N) is 1. The van der Waals surface area contributed by atoms with Crippen LogP contribution in [0.4, 0.5) is 0 Å². The van der Waals surface area contributed by atoms with Crippen LogP contribution in [0.1, 0.15) is 27.3 Å². The van der Waals surface area contributed by atoms with E-state index in [1.54, 1.807) is 7.11 Å². The van der Waals surface area contributed by atoms with Gasteiger partial charge >= 0.3 is 0 Å². The van der Waals surface area contributed by atoms with Crippen molar-refractivity contribution in [2.24, 2.45) is 0 Å². The number of aromatic nitrogens is 3. The van der Waals surface area contributed by atoms with Crippen molar-refractivity contribution in [2.45, 2.75) is 20.1 Å². The molecule has 0 aliphatic heterocycles. The van der Waals surface area contributed by atoms with Crippen molar-refractivity contribution in [2.75, 3.05) is 7.11 Å². The van der Waals surface area contributed by atoms with E-state index in [4.69, 9.17) is 4.74 Å². The molecule has 1 aromatic heterocycles. The van der Waals surface area contributed by atoms with Gasteiger partial charge in [0.15, 0.2) is 5.69 Å². The highest BCUT2D eigenvalue weighted by Crippen LogP contribution is 2.13. The fraction of sp³-hybridized carbons (Fsp3) is 0.211. The SMILES string of the molecule is COc1cccc(CNC(=O)c2nn(-c3ccc(C)cc3)nc2CO)c1. The Balaban J connectivity index is 1.77. The minimum Gasteiger partial charge on any atom is -0.497 e. The zero-order chi connectivity index (χ0) is 18.5. The van der Waals surface area contributed by atoms with Crippen LogP contribution in [-0.2, 0) is 13.2 Å². The number of aliphatic hydroxyl groups is 1. The molecule has 0 spiro atoms. The van der Waals surface area contributed by atoms with Crippen LogP contribution in [0.3, 0.4) is 0 Å². The van der Waals surface area contributed by atoms with Crippen molar-refractivity contribution in [3.8, 4) is 11.4 Å². The van der Waals surface area contributed by atoms with E-state index in [1.165, 1.54) is 4.80 Å². The molecule has 134 valence electrons. The molecule has 1 heterocycles. The van der Waals surface area contributed by atoms with Crippen LogP contribution in [0.5, 0.6) is 5.75 Å². The number of methoxy groups -OCH3 is 1. The number of hydrogen-bond acceptors (Lipinski definition) is 5. The zero-order valence-corrected chi connectivity index (χ0v) is 14.6. The lowest BCUT2D eigenvalue weighted by molar-refractivity contribution is 0.0942. The van der Waals surface area contributed by atoms with Gasteiger partial charge in [-0.1, -0.05) is 29.8 Å². The summed E-state index contributed by atoms with van der Waals surface area (Å²) in [4.78, 5) is 13.8. The van der Waals surface area contributed by atoms with Crippen molar-refractivity contribution < 1.29 is 14.6 Å². The van der Waals surface area contributed by atoms with E-state index in [1.807, 2.05) is 55.5 Å². The molecule has 0 aliphatic carbocycles. The van der Waals surface area contributed by atoms with Gasteiger partial charge in [-0.3, -0.25) is 4.79 Å². The zero-order valence-electron chi connectivity index (χ0n) is 14.6. The molecule has 2 aromatic carbocycles. The Hall–Kier alpha value is -3.19. The maximum absolute atomic E-state index is 12.5. The van der Waals surface area contributed by atoms with Crippen molar-refractivity contribution in [1.82, 2.24) is 20.3 Å².